The van der Waals surface area contributed by atoms with E-state index in [9.17, 15) is 5.11 Å². The molecule has 0 aliphatic carbocycles. The highest BCUT2D eigenvalue weighted by molar-refractivity contribution is 14.0. The molecule has 1 atom stereocenters. The van der Waals surface area contributed by atoms with E-state index in [0.29, 0.717) is 6.54 Å². The van der Waals surface area contributed by atoms with Crippen molar-refractivity contribution < 1.29 is 5.11 Å². The summed E-state index contributed by atoms with van der Waals surface area (Å²) in [5.41, 5.74) is -0.0343. The van der Waals surface area contributed by atoms with Crippen LogP contribution in [0.15, 0.2) is 57.0 Å². The van der Waals surface area contributed by atoms with Crippen LogP contribution in [0.1, 0.15) is 19.4 Å². The van der Waals surface area contributed by atoms with Gasteiger partial charge in [-0.25, -0.2) is 4.99 Å². The fraction of sp³-hybridized carbons (Fsp3) is 0.389. The van der Waals surface area contributed by atoms with Gasteiger partial charge >= 0.3 is 0 Å². The first-order valence-electron chi connectivity index (χ1n) is 8.07. The Morgan fingerprint density at radius 1 is 1.24 bits per heavy atom. The number of hydrogen-bond donors (Lipinski definition) is 3. The van der Waals surface area contributed by atoms with Gasteiger partial charge in [-0.05, 0) is 48.4 Å². The van der Waals surface area contributed by atoms with Crippen molar-refractivity contribution in [1.82, 2.24) is 10.6 Å². The fourth-order valence-corrected chi connectivity index (χ4v) is 3.66. The number of nitrogens with zero attached hydrogens (tertiary/aromatic N) is 1. The first kappa shape index (κ1) is 22.3. The Labute approximate surface area is 175 Å². The topological polar surface area (TPSA) is 56.7 Å². The van der Waals surface area contributed by atoms with Crippen molar-refractivity contribution in [3.8, 4) is 0 Å². The van der Waals surface area contributed by atoms with E-state index in [1.165, 1.54) is 4.90 Å². The number of aliphatic imine (C=N–C) groups is 1. The molecule has 2 rings (SSSR count). The van der Waals surface area contributed by atoms with Crippen LogP contribution < -0.4 is 10.6 Å². The third-order valence-electron chi connectivity index (χ3n) is 3.44. The van der Waals surface area contributed by atoms with Gasteiger partial charge in [-0.3, -0.25) is 0 Å². The van der Waals surface area contributed by atoms with E-state index in [-0.39, 0.29) is 24.0 Å². The molecule has 3 N–H and O–H groups in total. The third kappa shape index (κ3) is 7.98. The van der Waals surface area contributed by atoms with Crippen molar-refractivity contribution in [1.29, 1.82) is 0 Å². The largest absolute Gasteiger partial charge is 0.383 e. The van der Waals surface area contributed by atoms with E-state index in [2.05, 4.69) is 27.8 Å². The van der Waals surface area contributed by atoms with Gasteiger partial charge in [0.2, 0.25) is 0 Å². The van der Waals surface area contributed by atoms with Crippen LogP contribution in [0, 0.1) is 0 Å². The quantitative estimate of drug-likeness (QED) is 0.172. The average Bonchev–Trinajstić information content (AvgIpc) is 3.13. The second-order valence-corrected chi connectivity index (χ2v) is 7.52. The molecule has 0 saturated carbocycles. The minimum atomic E-state index is -0.943. The summed E-state index contributed by atoms with van der Waals surface area (Å²) in [7, 11) is 0. The summed E-state index contributed by atoms with van der Waals surface area (Å²) in [6, 6.07) is 12.3. The standard InChI is InChI=1S/C18H25N3OS2.HI/c1-3-19-17(20-10-12-24-16-7-5-4-6-8-16)21-14-18(2,22)15-9-11-23-13-15;/h4-9,11,13,22H,3,10,12,14H2,1-2H3,(H2,19,20,21);1H. The molecular weight excluding hydrogens is 465 g/mol. The predicted molar refractivity (Wildman–Crippen MR) is 120 cm³/mol. The number of hydrogen-bond acceptors (Lipinski definition) is 4. The Balaban J connectivity index is 0.00000312. The summed E-state index contributed by atoms with van der Waals surface area (Å²) < 4.78 is 0. The van der Waals surface area contributed by atoms with Crippen molar-refractivity contribution in [2.45, 2.75) is 24.3 Å². The Bertz CT molecular complexity index is 619. The van der Waals surface area contributed by atoms with Crippen LogP contribution in [-0.2, 0) is 5.60 Å². The Morgan fingerprint density at radius 2 is 2.00 bits per heavy atom. The maximum Gasteiger partial charge on any atom is 0.191 e. The van der Waals surface area contributed by atoms with Crippen molar-refractivity contribution in [3.63, 3.8) is 0 Å². The van der Waals surface area contributed by atoms with Crippen molar-refractivity contribution in [3.05, 3.63) is 52.7 Å². The molecular formula is C18H26IN3OS2. The highest BCUT2D eigenvalue weighted by atomic mass is 127. The van der Waals surface area contributed by atoms with Crippen molar-refractivity contribution >= 4 is 53.0 Å². The molecule has 1 heterocycles. The first-order chi connectivity index (χ1) is 11.6. The van der Waals surface area contributed by atoms with E-state index >= 15 is 0 Å². The molecule has 2 aromatic rings. The number of nitrogens with one attached hydrogen (secondary N) is 2. The van der Waals surface area contributed by atoms with Crippen LogP contribution in [-0.4, -0.2) is 36.5 Å². The lowest BCUT2D eigenvalue weighted by Crippen LogP contribution is -2.39. The number of thioether (sulfide) groups is 1. The van der Waals surface area contributed by atoms with Crippen molar-refractivity contribution in [2.24, 2.45) is 4.99 Å². The van der Waals surface area contributed by atoms with Crippen molar-refractivity contribution in [2.75, 3.05) is 25.4 Å². The van der Waals surface area contributed by atoms with Crippen LogP contribution in [0.5, 0.6) is 0 Å². The summed E-state index contributed by atoms with van der Waals surface area (Å²) >= 11 is 3.39. The summed E-state index contributed by atoms with van der Waals surface area (Å²) in [5, 5.41) is 21.0. The molecule has 0 spiro atoms. The maximum absolute atomic E-state index is 10.6. The molecule has 0 aliphatic heterocycles. The molecule has 1 unspecified atom stereocenters. The highest BCUT2D eigenvalue weighted by Crippen LogP contribution is 2.23. The van der Waals surface area contributed by atoms with Gasteiger partial charge in [-0.2, -0.15) is 11.3 Å². The zero-order chi connectivity index (χ0) is 17.3. The number of thiophene rings is 1. The normalized spacial score (nSPS) is 13.6. The monoisotopic (exact) mass is 491 g/mol. The molecule has 1 aromatic carbocycles. The number of halogens is 1. The summed E-state index contributed by atoms with van der Waals surface area (Å²) in [6.07, 6.45) is 0. The molecule has 0 fully saturated rings. The second-order valence-electron chi connectivity index (χ2n) is 5.57. The van der Waals surface area contributed by atoms with Gasteiger partial charge in [0, 0.05) is 23.7 Å². The molecule has 1 aromatic heterocycles. The molecule has 0 amide bonds. The highest BCUT2D eigenvalue weighted by Gasteiger charge is 2.23. The molecule has 138 valence electrons. The lowest BCUT2D eigenvalue weighted by atomic mass is 10.00. The Kier molecular flexibility index (Phi) is 10.5. The Hall–Kier alpha value is -0.770. The van der Waals surface area contributed by atoms with E-state index in [1.54, 1.807) is 18.3 Å². The molecule has 7 heteroatoms. The van der Waals surface area contributed by atoms with Crippen LogP contribution in [0.25, 0.3) is 0 Å². The van der Waals surface area contributed by atoms with Gasteiger partial charge < -0.3 is 15.7 Å². The third-order valence-corrected chi connectivity index (χ3v) is 5.14. The molecule has 0 aliphatic rings. The lowest BCUT2D eigenvalue weighted by Gasteiger charge is -2.21. The van der Waals surface area contributed by atoms with Crippen LogP contribution in [0.2, 0.25) is 0 Å². The van der Waals surface area contributed by atoms with Gasteiger partial charge in [0.25, 0.3) is 0 Å². The zero-order valence-corrected chi connectivity index (χ0v) is 18.5. The lowest BCUT2D eigenvalue weighted by molar-refractivity contribution is 0.0677. The number of benzene rings is 1. The van der Waals surface area contributed by atoms with E-state index in [1.807, 2.05) is 53.7 Å². The molecule has 0 saturated heterocycles. The van der Waals surface area contributed by atoms with Gasteiger partial charge in [-0.15, -0.1) is 35.7 Å². The summed E-state index contributed by atoms with van der Waals surface area (Å²) in [6.45, 7) is 5.76. The van der Waals surface area contributed by atoms with E-state index in [4.69, 9.17) is 0 Å². The van der Waals surface area contributed by atoms with Gasteiger partial charge in [0.05, 0.1) is 6.54 Å². The minimum absolute atomic E-state index is 0. The van der Waals surface area contributed by atoms with E-state index < -0.39 is 5.60 Å². The molecule has 0 bridgehead atoms. The van der Waals surface area contributed by atoms with E-state index in [0.717, 1.165) is 30.4 Å². The average molecular weight is 491 g/mol. The van der Waals surface area contributed by atoms with Gasteiger partial charge in [-0.1, -0.05) is 18.2 Å². The summed E-state index contributed by atoms with van der Waals surface area (Å²) in [5.74, 6) is 1.69. The van der Waals surface area contributed by atoms with Crippen LogP contribution >= 0.6 is 47.1 Å². The van der Waals surface area contributed by atoms with Crippen LogP contribution in [0.4, 0.5) is 0 Å². The first-order valence-corrected chi connectivity index (χ1v) is 10.00. The maximum atomic E-state index is 10.6. The number of rotatable bonds is 8. The Morgan fingerprint density at radius 3 is 2.64 bits per heavy atom. The summed E-state index contributed by atoms with van der Waals surface area (Å²) in [4.78, 5) is 5.79. The van der Waals surface area contributed by atoms with Gasteiger partial charge in [0.1, 0.15) is 5.60 Å². The van der Waals surface area contributed by atoms with Crippen LogP contribution in [0.3, 0.4) is 0 Å². The van der Waals surface area contributed by atoms with Gasteiger partial charge in [0.15, 0.2) is 5.96 Å². The number of guanidine groups is 1. The molecule has 25 heavy (non-hydrogen) atoms. The second kappa shape index (κ2) is 11.8. The smallest absolute Gasteiger partial charge is 0.191 e. The fourth-order valence-electron chi connectivity index (χ4n) is 2.09. The zero-order valence-electron chi connectivity index (χ0n) is 14.6. The minimum Gasteiger partial charge on any atom is -0.383 e. The number of aliphatic hydroxyl groups is 1. The molecule has 0 radical (unpaired) electrons. The SMILES string of the molecule is CCNC(=NCC(C)(O)c1ccsc1)NCCSc1ccccc1.I. The molecule has 4 nitrogen and oxygen atoms in total. The predicted octanol–water partition coefficient (Wildman–Crippen LogP) is 3.92.